The number of halogens is 4. The molecule has 0 spiro atoms. The molecule has 2 N–H and O–H groups in total. The first-order valence-corrected chi connectivity index (χ1v) is 7.44. The predicted octanol–water partition coefficient (Wildman–Crippen LogP) is 4.64. The van der Waals surface area contributed by atoms with Gasteiger partial charge in [-0.15, -0.1) is 0 Å². The monoisotopic (exact) mass is 406 g/mol. The number of benzene rings is 1. The molecule has 0 aliphatic rings. The van der Waals surface area contributed by atoms with Crippen LogP contribution in [0.4, 0.5) is 4.39 Å². The fourth-order valence-electron chi connectivity index (χ4n) is 1.73. The first-order chi connectivity index (χ1) is 8.97. The van der Waals surface area contributed by atoms with Crippen LogP contribution >= 0.6 is 43.5 Å². The van der Waals surface area contributed by atoms with Gasteiger partial charge >= 0.3 is 0 Å². The van der Waals surface area contributed by atoms with Crippen molar-refractivity contribution in [2.24, 2.45) is 5.73 Å². The summed E-state index contributed by atoms with van der Waals surface area (Å²) in [5.41, 5.74) is 7.49. The second-order valence-electron chi connectivity index (χ2n) is 4.07. The van der Waals surface area contributed by atoms with Gasteiger partial charge in [0.05, 0.1) is 11.7 Å². The van der Waals surface area contributed by atoms with E-state index in [2.05, 4.69) is 36.8 Å². The van der Waals surface area contributed by atoms with E-state index >= 15 is 0 Å². The molecule has 2 aromatic rings. The molecule has 0 bridgehead atoms. The third-order valence-corrected chi connectivity index (χ3v) is 4.07. The molecule has 19 heavy (non-hydrogen) atoms. The molecule has 1 atom stereocenters. The molecular weight excluding hydrogens is 398 g/mol. The zero-order valence-electron chi connectivity index (χ0n) is 9.71. The van der Waals surface area contributed by atoms with Gasteiger partial charge in [-0.05, 0) is 68.1 Å². The van der Waals surface area contributed by atoms with E-state index in [0.717, 1.165) is 8.95 Å². The number of rotatable bonds is 3. The standard InChI is InChI=1S/C13H10Br2ClFN2/c14-8-5-10(15)13(19-6-8)12(18)4-7-3-9(17)1-2-11(7)16/h1-3,5-6,12H,4,18H2. The second kappa shape index (κ2) is 6.31. The van der Waals surface area contributed by atoms with Crippen molar-refractivity contribution in [2.45, 2.75) is 12.5 Å². The van der Waals surface area contributed by atoms with Crippen LogP contribution in [0.15, 0.2) is 39.4 Å². The third-order valence-electron chi connectivity index (χ3n) is 2.64. The highest BCUT2D eigenvalue weighted by Gasteiger charge is 2.14. The van der Waals surface area contributed by atoms with Crippen LogP contribution in [0.5, 0.6) is 0 Å². The van der Waals surface area contributed by atoms with Gasteiger partial charge < -0.3 is 5.73 Å². The molecule has 0 fully saturated rings. The van der Waals surface area contributed by atoms with Crippen molar-refractivity contribution in [3.63, 3.8) is 0 Å². The van der Waals surface area contributed by atoms with Crippen LogP contribution in [0, 0.1) is 5.82 Å². The Kier molecular flexibility index (Phi) is 4.95. The lowest BCUT2D eigenvalue weighted by Gasteiger charge is -2.14. The minimum absolute atomic E-state index is 0.325. The molecule has 2 rings (SSSR count). The lowest BCUT2D eigenvalue weighted by atomic mass is 10.0. The molecule has 0 aliphatic carbocycles. The summed E-state index contributed by atoms with van der Waals surface area (Å²) in [7, 11) is 0. The average Bonchev–Trinajstić information content (AvgIpc) is 2.33. The smallest absolute Gasteiger partial charge is 0.123 e. The van der Waals surface area contributed by atoms with Crippen LogP contribution in [0.1, 0.15) is 17.3 Å². The Labute approximate surface area is 132 Å². The summed E-state index contributed by atoms with van der Waals surface area (Å²) in [6.07, 6.45) is 2.09. The largest absolute Gasteiger partial charge is 0.322 e. The van der Waals surface area contributed by atoms with Crippen LogP contribution in [0.25, 0.3) is 0 Å². The predicted molar refractivity (Wildman–Crippen MR) is 81.7 cm³/mol. The van der Waals surface area contributed by atoms with Crippen molar-refractivity contribution in [1.82, 2.24) is 4.98 Å². The lowest BCUT2D eigenvalue weighted by Crippen LogP contribution is -2.16. The maximum Gasteiger partial charge on any atom is 0.123 e. The number of pyridine rings is 1. The van der Waals surface area contributed by atoms with Gasteiger partial charge in [0, 0.05) is 20.2 Å². The molecule has 1 unspecified atom stereocenters. The minimum Gasteiger partial charge on any atom is -0.322 e. The van der Waals surface area contributed by atoms with Gasteiger partial charge in [0.25, 0.3) is 0 Å². The Morgan fingerprint density at radius 1 is 1.32 bits per heavy atom. The lowest BCUT2D eigenvalue weighted by molar-refractivity contribution is 0.620. The number of nitrogens with zero attached hydrogens (tertiary/aromatic N) is 1. The summed E-state index contributed by atoms with van der Waals surface area (Å²) in [5.74, 6) is -0.325. The molecular formula is C13H10Br2ClFN2. The van der Waals surface area contributed by atoms with Crippen LogP contribution in [0.2, 0.25) is 5.02 Å². The first kappa shape index (κ1) is 14.9. The van der Waals surface area contributed by atoms with E-state index in [-0.39, 0.29) is 11.9 Å². The van der Waals surface area contributed by atoms with Gasteiger partial charge in [0.1, 0.15) is 5.82 Å². The van der Waals surface area contributed by atoms with Crippen molar-refractivity contribution in [2.75, 3.05) is 0 Å². The van der Waals surface area contributed by atoms with E-state index < -0.39 is 0 Å². The fourth-order valence-corrected chi connectivity index (χ4v) is 3.21. The first-order valence-electron chi connectivity index (χ1n) is 5.48. The number of hydrogen-bond acceptors (Lipinski definition) is 2. The highest BCUT2D eigenvalue weighted by Crippen LogP contribution is 2.27. The van der Waals surface area contributed by atoms with Gasteiger partial charge in [0.15, 0.2) is 0 Å². The van der Waals surface area contributed by atoms with Crippen molar-refractivity contribution in [1.29, 1.82) is 0 Å². The number of aromatic nitrogens is 1. The van der Waals surface area contributed by atoms with Crippen LogP contribution in [-0.4, -0.2) is 4.98 Å². The van der Waals surface area contributed by atoms with Crippen LogP contribution in [0.3, 0.4) is 0 Å². The van der Waals surface area contributed by atoms with Crippen molar-refractivity contribution < 1.29 is 4.39 Å². The van der Waals surface area contributed by atoms with E-state index in [4.69, 9.17) is 17.3 Å². The quantitative estimate of drug-likeness (QED) is 0.804. The Bertz CT molecular complexity index is 607. The van der Waals surface area contributed by atoms with Crippen molar-refractivity contribution in [3.05, 3.63) is 61.5 Å². The summed E-state index contributed by atoms with van der Waals surface area (Å²) < 4.78 is 14.9. The zero-order chi connectivity index (χ0) is 14.0. The third kappa shape index (κ3) is 3.75. The van der Waals surface area contributed by atoms with Crippen LogP contribution in [-0.2, 0) is 6.42 Å². The topological polar surface area (TPSA) is 38.9 Å². The summed E-state index contributed by atoms with van der Waals surface area (Å²) in [6.45, 7) is 0. The molecule has 100 valence electrons. The molecule has 0 radical (unpaired) electrons. The van der Waals surface area contributed by atoms with Gasteiger partial charge in [-0.1, -0.05) is 11.6 Å². The number of nitrogens with two attached hydrogens (primary N) is 1. The van der Waals surface area contributed by atoms with Gasteiger partial charge in [-0.25, -0.2) is 4.39 Å². The minimum atomic E-state index is -0.359. The highest BCUT2D eigenvalue weighted by molar-refractivity contribution is 9.11. The Morgan fingerprint density at radius 3 is 2.74 bits per heavy atom. The van der Waals surface area contributed by atoms with Crippen molar-refractivity contribution >= 4 is 43.5 Å². The maximum atomic E-state index is 13.2. The Morgan fingerprint density at radius 2 is 2.05 bits per heavy atom. The van der Waals surface area contributed by atoms with Gasteiger partial charge in [-0.3, -0.25) is 4.98 Å². The SMILES string of the molecule is NC(Cc1cc(F)ccc1Cl)c1ncc(Br)cc1Br. The fraction of sp³-hybridized carbons (Fsp3) is 0.154. The second-order valence-corrected chi connectivity index (χ2v) is 6.24. The average molecular weight is 408 g/mol. The zero-order valence-corrected chi connectivity index (χ0v) is 13.6. The maximum absolute atomic E-state index is 13.2. The van der Waals surface area contributed by atoms with E-state index in [1.165, 1.54) is 18.2 Å². The molecule has 0 aliphatic heterocycles. The molecule has 0 saturated heterocycles. The van der Waals surface area contributed by atoms with E-state index in [9.17, 15) is 4.39 Å². The molecule has 0 saturated carbocycles. The summed E-state index contributed by atoms with van der Waals surface area (Å²) in [6, 6.07) is 5.76. The molecule has 0 amide bonds. The normalized spacial score (nSPS) is 12.5. The Balaban J connectivity index is 2.25. The molecule has 6 heteroatoms. The van der Waals surface area contributed by atoms with Crippen molar-refractivity contribution in [3.8, 4) is 0 Å². The van der Waals surface area contributed by atoms with Gasteiger partial charge in [-0.2, -0.15) is 0 Å². The number of hydrogen-bond donors (Lipinski definition) is 1. The van der Waals surface area contributed by atoms with E-state index in [0.29, 0.717) is 22.7 Å². The van der Waals surface area contributed by atoms with E-state index in [1.807, 2.05) is 6.07 Å². The molecule has 2 nitrogen and oxygen atoms in total. The Hall–Kier alpha value is -0.490. The summed E-state index contributed by atoms with van der Waals surface area (Å²) in [4.78, 5) is 4.27. The summed E-state index contributed by atoms with van der Waals surface area (Å²) >= 11 is 12.8. The molecule has 1 aromatic heterocycles. The molecule has 1 aromatic carbocycles. The highest BCUT2D eigenvalue weighted by atomic mass is 79.9. The van der Waals surface area contributed by atoms with Crippen LogP contribution < -0.4 is 5.73 Å². The molecule has 1 heterocycles. The summed E-state index contributed by atoms with van der Waals surface area (Å²) in [5, 5.41) is 0.505. The van der Waals surface area contributed by atoms with E-state index in [1.54, 1.807) is 6.20 Å². The van der Waals surface area contributed by atoms with Gasteiger partial charge in [0.2, 0.25) is 0 Å².